The van der Waals surface area contributed by atoms with Crippen LogP contribution in [0.25, 0.3) is 0 Å². The summed E-state index contributed by atoms with van der Waals surface area (Å²) in [6.07, 6.45) is 0. The van der Waals surface area contributed by atoms with Crippen molar-refractivity contribution in [2.24, 2.45) is 0 Å². The number of carbonyl (C=O) groups excluding carboxylic acids is 1. The van der Waals surface area contributed by atoms with Crippen molar-refractivity contribution in [1.29, 1.82) is 0 Å². The molecule has 0 atom stereocenters. The summed E-state index contributed by atoms with van der Waals surface area (Å²) in [5, 5.41) is 3.29. The Labute approximate surface area is 95.8 Å². The fourth-order valence-electron chi connectivity index (χ4n) is 1.94. The Morgan fingerprint density at radius 1 is 1.50 bits per heavy atom. The monoisotopic (exact) mass is 218 g/mol. The van der Waals surface area contributed by atoms with Crippen LogP contribution < -0.4 is 10.2 Å². The molecule has 0 amide bonds. The van der Waals surface area contributed by atoms with E-state index in [9.17, 15) is 4.79 Å². The molecule has 1 aliphatic rings. The van der Waals surface area contributed by atoms with Crippen LogP contribution in [0.2, 0.25) is 0 Å². The number of piperazine rings is 1. The van der Waals surface area contributed by atoms with Crippen LogP contribution in [-0.2, 0) is 4.74 Å². The van der Waals surface area contributed by atoms with Gasteiger partial charge in [0.15, 0.2) is 0 Å². The third kappa shape index (κ3) is 2.24. The summed E-state index contributed by atoms with van der Waals surface area (Å²) in [6, 6.07) is 3.67. The van der Waals surface area contributed by atoms with Crippen molar-refractivity contribution in [2.45, 2.75) is 0 Å². The first kappa shape index (κ1) is 11.1. The Morgan fingerprint density at radius 2 is 2.25 bits per heavy atom. The molecule has 2 heterocycles. The zero-order valence-electron chi connectivity index (χ0n) is 9.40. The summed E-state index contributed by atoms with van der Waals surface area (Å²) in [5.74, 6) is 1.68. The van der Waals surface area contributed by atoms with E-state index >= 15 is 0 Å². The molecule has 1 fully saturated rings. The Balaban J connectivity index is 2.28. The summed E-state index contributed by atoms with van der Waals surface area (Å²) in [4.78, 5) is 13.8. The molecule has 0 bridgehead atoms. The van der Waals surface area contributed by atoms with Crippen molar-refractivity contribution in [3.63, 3.8) is 0 Å². The number of hydrogen-bond acceptors (Lipinski definition) is 4. The van der Waals surface area contributed by atoms with Crippen LogP contribution in [0, 0.1) is 0 Å². The Bertz CT molecular complexity index is 378. The molecule has 1 saturated heterocycles. The van der Waals surface area contributed by atoms with E-state index in [1.165, 1.54) is 7.11 Å². The first-order valence-corrected chi connectivity index (χ1v) is 5.46. The van der Waals surface area contributed by atoms with Gasteiger partial charge >= 0.3 is 95.2 Å². The number of nitrogens with zero attached hydrogens (tertiary/aromatic N) is 1. The number of ether oxygens (including phenoxy) is 1. The van der Waals surface area contributed by atoms with Crippen LogP contribution in [0.15, 0.2) is 18.1 Å². The number of anilines is 1. The van der Waals surface area contributed by atoms with Crippen LogP contribution in [0.5, 0.6) is 0 Å². The molecule has 4 nitrogen and oxygen atoms in total. The predicted octanol–water partition coefficient (Wildman–Crippen LogP) is 0.221. The molecule has 5 heteroatoms. The predicted molar refractivity (Wildman–Crippen MR) is 64.2 cm³/mol. The van der Waals surface area contributed by atoms with E-state index in [2.05, 4.69) is 10.2 Å². The molecule has 1 N–H and O–H groups in total. The summed E-state index contributed by atoms with van der Waals surface area (Å²) < 4.78 is 4.79. The van der Waals surface area contributed by atoms with Gasteiger partial charge in [0.2, 0.25) is 0 Å². The topological polar surface area (TPSA) is 41.6 Å². The van der Waals surface area contributed by atoms with Gasteiger partial charge in [-0.15, -0.1) is 0 Å². The zero-order chi connectivity index (χ0) is 11.4. The van der Waals surface area contributed by atoms with E-state index < -0.39 is 0 Å². The molecule has 1 aliphatic heterocycles. The molecule has 1 aromatic rings. The Hall–Kier alpha value is -1.36. The van der Waals surface area contributed by atoms with Gasteiger partial charge in [-0.25, -0.2) is 0 Å². The summed E-state index contributed by atoms with van der Waals surface area (Å²) in [7, 11) is 1.41. The van der Waals surface area contributed by atoms with Crippen molar-refractivity contribution in [3.8, 4) is 0 Å². The van der Waals surface area contributed by atoms with Crippen LogP contribution in [-0.4, -0.2) is 46.2 Å². The minimum atomic E-state index is -0.269. The Morgan fingerprint density at radius 3 is 2.94 bits per heavy atom. The maximum absolute atomic E-state index is 11.6. The first-order valence-electron chi connectivity index (χ1n) is 5.46. The molecule has 0 aliphatic carbocycles. The van der Waals surface area contributed by atoms with E-state index in [1.807, 2.05) is 25.0 Å². The van der Waals surface area contributed by atoms with Gasteiger partial charge in [0.05, 0.1) is 0 Å². The van der Waals surface area contributed by atoms with Crippen LogP contribution >= 0.6 is 0 Å². The fraction of sp³-hybridized carbons (Fsp3) is 0.455. The molecule has 1 aromatic heterocycles. The molecule has 0 spiro atoms. The van der Waals surface area contributed by atoms with Gasteiger partial charge in [-0.3, -0.25) is 0 Å². The SMILES string of the molecule is COC(=O)c1cccbc1N1CCNCC1. The second-order valence-electron chi connectivity index (χ2n) is 3.75. The van der Waals surface area contributed by atoms with E-state index in [-0.39, 0.29) is 5.97 Å². The molecule has 0 radical (unpaired) electrons. The van der Waals surface area contributed by atoms with Gasteiger partial charge < -0.3 is 0 Å². The van der Waals surface area contributed by atoms with Crippen molar-refractivity contribution in [3.05, 3.63) is 23.7 Å². The van der Waals surface area contributed by atoms with Gasteiger partial charge in [0, 0.05) is 0 Å². The quantitative estimate of drug-likeness (QED) is 0.721. The molecule has 16 heavy (non-hydrogen) atoms. The zero-order valence-corrected chi connectivity index (χ0v) is 9.40. The van der Waals surface area contributed by atoms with Gasteiger partial charge in [0.25, 0.3) is 0 Å². The van der Waals surface area contributed by atoms with Crippen molar-refractivity contribution in [1.82, 2.24) is 5.32 Å². The van der Waals surface area contributed by atoms with E-state index in [0.29, 0.717) is 5.56 Å². The molecule has 0 aromatic carbocycles. The van der Waals surface area contributed by atoms with Gasteiger partial charge in [-0.05, 0) is 0 Å². The third-order valence-corrected chi connectivity index (χ3v) is 2.77. The summed E-state index contributed by atoms with van der Waals surface area (Å²) >= 11 is 0. The first-order chi connectivity index (χ1) is 7.83. The molecule has 0 saturated carbocycles. The van der Waals surface area contributed by atoms with E-state index in [4.69, 9.17) is 4.74 Å². The second-order valence-corrected chi connectivity index (χ2v) is 3.75. The average Bonchev–Trinajstić information content (AvgIpc) is 2.39. The molecular formula is C11H15BN2O2. The third-order valence-electron chi connectivity index (χ3n) is 2.77. The number of hydrogen-bond donors (Lipinski definition) is 1. The number of esters is 1. The summed E-state index contributed by atoms with van der Waals surface area (Å²) in [5.41, 5.74) is 1.61. The molecule has 0 unspecified atom stereocenters. The Kier molecular flexibility index (Phi) is 3.56. The molecule has 2 rings (SSSR count). The molecular weight excluding hydrogens is 203 g/mol. The van der Waals surface area contributed by atoms with Gasteiger partial charge in [0.1, 0.15) is 0 Å². The normalized spacial score (nSPS) is 15.7. The van der Waals surface area contributed by atoms with Crippen molar-refractivity contribution >= 4 is 18.5 Å². The van der Waals surface area contributed by atoms with E-state index in [1.54, 1.807) is 0 Å². The summed E-state index contributed by atoms with van der Waals surface area (Å²) in [6.45, 7) is 5.73. The van der Waals surface area contributed by atoms with E-state index in [0.717, 1.165) is 31.8 Å². The van der Waals surface area contributed by atoms with Crippen LogP contribution in [0.1, 0.15) is 10.4 Å². The minimum absolute atomic E-state index is 0.269. The van der Waals surface area contributed by atoms with Crippen LogP contribution in [0.3, 0.4) is 0 Å². The van der Waals surface area contributed by atoms with Crippen LogP contribution in [0.4, 0.5) is 5.58 Å². The number of nitrogens with one attached hydrogen (secondary N) is 1. The molecule has 84 valence electrons. The average molecular weight is 218 g/mol. The number of methoxy groups -OCH3 is 1. The fourth-order valence-corrected chi connectivity index (χ4v) is 1.94. The number of rotatable bonds is 2. The van der Waals surface area contributed by atoms with Crippen molar-refractivity contribution < 1.29 is 9.53 Å². The second kappa shape index (κ2) is 5.12. The standard InChI is InChI=1S/C11H15BN2O2/c1-16-11(15)9-3-2-4-12-10(9)14-7-5-13-6-8-14/h2-4,13H,5-8H2,1H3. The number of carbonyl (C=O) groups is 1. The van der Waals surface area contributed by atoms with Gasteiger partial charge in [-0.2, -0.15) is 0 Å². The maximum atomic E-state index is 11.6. The van der Waals surface area contributed by atoms with Gasteiger partial charge in [-0.1, -0.05) is 0 Å². The van der Waals surface area contributed by atoms with Crippen molar-refractivity contribution in [2.75, 3.05) is 38.2 Å².